The van der Waals surface area contributed by atoms with Crippen LogP contribution in [0, 0.1) is 11.8 Å². The molecule has 130 valence electrons. The minimum Gasteiger partial charge on any atom is -0.493 e. The molecule has 0 saturated heterocycles. The minimum absolute atomic E-state index is 0.0215. The second-order valence-corrected chi connectivity index (χ2v) is 7.75. The van der Waals surface area contributed by atoms with Crippen molar-refractivity contribution in [1.29, 1.82) is 0 Å². The molecule has 1 aliphatic heterocycles. The summed E-state index contributed by atoms with van der Waals surface area (Å²) in [6.45, 7) is 0.750. The number of ether oxygens (including phenoxy) is 1. The van der Waals surface area contributed by atoms with E-state index < -0.39 is 0 Å². The fraction of sp³-hybridized carbons (Fsp3) is 0.650. The summed E-state index contributed by atoms with van der Waals surface area (Å²) in [4.78, 5) is 12.5. The first-order valence-electron chi connectivity index (χ1n) is 9.42. The van der Waals surface area contributed by atoms with Gasteiger partial charge in [-0.1, -0.05) is 18.9 Å². The van der Waals surface area contributed by atoms with E-state index in [1.807, 2.05) is 6.07 Å². The first kappa shape index (κ1) is 15.9. The van der Waals surface area contributed by atoms with Crippen LogP contribution in [-0.4, -0.2) is 23.7 Å². The number of carbonyl (C=O) groups is 1. The molecule has 3 aliphatic rings. The van der Waals surface area contributed by atoms with Crippen molar-refractivity contribution in [2.75, 3.05) is 6.61 Å². The van der Waals surface area contributed by atoms with Gasteiger partial charge in [-0.15, -0.1) is 0 Å². The number of aliphatic hydroxyl groups is 1. The standard InChI is InChI=1S/C20H27NO3/c22-17-11-16(12-17)20(21-19(23)9-13-3-1-2-4-13)15-5-6-18-14(10-15)7-8-24-18/h5-6,10,13,16-17,20,22H,1-4,7-9,11-12H2,(H,21,23). The van der Waals surface area contributed by atoms with E-state index in [4.69, 9.17) is 4.74 Å². The van der Waals surface area contributed by atoms with Crippen molar-refractivity contribution < 1.29 is 14.6 Å². The molecule has 2 N–H and O–H groups in total. The normalized spacial score (nSPS) is 27.2. The Hall–Kier alpha value is -1.55. The van der Waals surface area contributed by atoms with Gasteiger partial charge in [0.15, 0.2) is 0 Å². The zero-order valence-electron chi connectivity index (χ0n) is 14.2. The number of amides is 1. The lowest BCUT2D eigenvalue weighted by Crippen LogP contribution is -2.41. The summed E-state index contributed by atoms with van der Waals surface area (Å²) in [6.07, 6.45) is 7.86. The van der Waals surface area contributed by atoms with Crippen LogP contribution in [0.3, 0.4) is 0 Å². The number of carbonyl (C=O) groups excluding carboxylic acids is 1. The number of aliphatic hydroxyl groups excluding tert-OH is 1. The third-order valence-electron chi connectivity index (χ3n) is 5.96. The molecule has 24 heavy (non-hydrogen) atoms. The van der Waals surface area contributed by atoms with Gasteiger partial charge in [-0.2, -0.15) is 0 Å². The van der Waals surface area contributed by atoms with Crippen molar-refractivity contribution in [2.24, 2.45) is 11.8 Å². The van der Waals surface area contributed by atoms with Gasteiger partial charge in [0, 0.05) is 12.8 Å². The van der Waals surface area contributed by atoms with E-state index in [2.05, 4.69) is 17.4 Å². The van der Waals surface area contributed by atoms with Crippen LogP contribution in [0.1, 0.15) is 62.1 Å². The van der Waals surface area contributed by atoms with Crippen LogP contribution in [0.4, 0.5) is 0 Å². The van der Waals surface area contributed by atoms with Crippen LogP contribution in [0.25, 0.3) is 0 Å². The fourth-order valence-corrected chi connectivity index (χ4v) is 4.48. The van der Waals surface area contributed by atoms with Crippen LogP contribution < -0.4 is 10.1 Å². The van der Waals surface area contributed by atoms with Gasteiger partial charge in [0.25, 0.3) is 0 Å². The summed E-state index contributed by atoms with van der Waals surface area (Å²) in [5.74, 6) is 2.05. The average Bonchev–Trinajstić information content (AvgIpc) is 3.20. The largest absolute Gasteiger partial charge is 0.493 e. The number of hydrogen-bond donors (Lipinski definition) is 2. The third-order valence-corrected chi connectivity index (χ3v) is 5.96. The molecule has 1 heterocycles. The topological polar surface area (TPSA) is 58.6 Å². The van der Waals surface area contributed by atoms with E-state index in [-0.39, 0.29) is 18.1 Å². The Morgan fingerprint density at radius 3 is 2.83 bits per heavy atom. The Kier molecular flexibility index (Phi) is 4.49. The predicted molar refractivity (Wildman–Crippen MR) is 91.8 cm³/mol. The van der Waals surface area contributed by atoms with Crippen molar-refractivity contribution in [1.82, 2.24) is 5.32 Å². The van der Waals surface area contributed by atoms with Gasteiger partial charge in [-0.3, -0.25) is 4.79 Å². The van der Waals surface area contributed by atoms with E-state index in [0.717, 1.165) is 37.2 Å². The highest BCUT2D eigenvalue weighted by atomic mass is 16.5. The highest BCUT2D eigenvalue weighted by Crippen LogP contribution is 2.40. The van der Waals surface area contributed by atoms with E-state index in [1.165, 1.54) is 31.2 Å². The predicted octanol–water partition coefficient (Wildman–Crippen LogP) is 3.13. The first-order chi connectivity index (χ1) is 11.7. The molecule has 1 atom stereocenters. The Labute approximate surface area is 143 Å². The Morgan fingerprint density at radius 2 is 2.08 bits per heavy atom. The summed E-state index contributed by atoms with van der Waals surface area (Å²) < 4.78 is 5.59. The SMILES string of the molecule is O=C(CC1CCCC1)NC(c1ccc2c(c1)CCO2)C1CC(O)C1. The summed E-state index contributed by atoms with van der Waals surface area (Å²) in [5, 5.41) is 13.0. The summed E-state index contributed by atoms with van der Waals surface area (Å²) >= 11 is 0. The van der Waals surface area contributed by atoms with Gasteiger partial charge in [0.1, 0.15) is 5.75 Å². The first-order valence-corrected chi connectivity index (χ1v) is 9.42. The minimum atomic E-state index is -0.206. The summed E-state index contributed by atoms with van der Waals surface area (Å²) in [7, 11) is 0. The average molecular weight is 329 g/mol. The van der Waals surface area contributed by atoms with Gasteiger partial charge in [-0.05, 0) is 60.8 Å². The molecule has 1 aromatic rings. The third kappa shape index (κ3) is 3.30. The molecule has 0 bridgehead atoms. The maximum absolute atomic E-state index is 12.5. The molecule has 1 amide bonds. The Morgan fingerprint density at radius 1 is 1.29 bits per heavy atom. The van der Waals surface area contributed by atoms with Crippen LogP contribution in [-0.2, 0) is 11.2 Å². The number of rotatable bonds is 5. The van der Waals surface area contributed by atoms with Crippen molar-refractivity contribution in [2.45, 2.75) is 63.5 Å². The summed E-state index contributed by atoms with van der Waals surface area (Å²) in [6, 6.07) is 6.32. The Balaban J connectivity index is 1.47. The van der Waals surface area contributed by atoms with Crippen molar-refractivity contribution in [3.05, 3.63) is 29.3 Å². The van der Waals surface area contributed by atoms with Gasteiger partial charge >= 0.3 is 0 Å². The molecule has 4 rings (SSSR count). The lowest BCUT2D eigenvalue weighted by atomic mass is 9.74. The molecule has 4 heteroatoms. The van der Waals surface area contributed by atoms with Crippen LogP contribution in [0.5, 0.6) is 5.75 Å². The second-order valence-electron chi connectivity index (χ2n) is 7.75. The quantitative estimate of drug-likeness (QED) is 0.872. The molecule has 0 aromatic heterocycles. The maximum Gasteiger partial charge on any atom is 0.220 e. The number of fused-ring (bicyclic) bond motifs is 1. The number of nitrogens with one attached hydrogen (secondary N) is 1. The lowest BCUT2D eigenvalue weighted by Gasteiger charge is -2.38. The highest BCUT2D eigenvalue weighted by molar-refractivity contribution is 5.76. The van der Waals surface area contributed by atoms with E-state index in [1.54, 1.807) is 0 Å². The molecule has 1 aromatic carbocycles. The van der Waals surface area contributed by atoms with Crippen molar-refractivity contribution >= 4 is 5.91 Å². The van der Waals surface area contributed by atoms with E-state index in [0.29, 0.717) is 18.3 Å². The van der Waals surface area contributed by atoms with Gasteiger partial charge < -0.3 is 15.2 Å². The van der Waals surface area contributed by atoms with E-state index in [9.17, 15) is 9.90 Å². The lowest BCUT2D eigenvalue weighted by molar-refractivity contribution is -0.124. The highest BCUT2D eigenvalue weighted by Gasteiger charge is 2.36. The van der Waals surface area contributed by atoms with Crippen molar-refractivity contribution in [3.63, 3.8) is 0 Å². The molecule has 0 radical (unpaired) electrons. The Bertz CT molecular complexity index is 603. The zero-order valence-corrected chi connectivity index (χ0v) is 14.2. The van der Waals surface area contributed by atoms with Crippen LogP contribution in [0.15, 0.2) is 18.2 Å². The molecule has 2 fully saturated rings. The van der Waals surface area contributed by atoms with E-state index >= 15 is 0 Å². The number of benzene rings is 1. The fourth-order valence-electron chi connectivity index (χ4n) is 4.48. The zero-order chi connectivity index (χ0) is 16.5. The van der Waals surface area contributed by atoms with Gasteiger partial charge in [-0.25, -0.2) is 0 Å². The molecular formula is C20H27NO3. The van der Waals surface area contributed by atoms with Gasteiger partial charge in [0.2, 0.25) is 5.91 Å². The number of hydrogen-bond acceptors (Lipinski definition) is 3. The second kappa shape index (κ2) is 6.75. The van der Waals surface area contributed by atoms with Crippen LogP contribution >= 0.6 is 0 Å². The van der Waals surface area contributed by atoms with Crippen LogP contribution in [0.2, 0.25) is 0 Å². The monoisotopic (exact) mass is 329 g/mol. The molecule has 2 aliphatic carbocycles. The molecule has 0 spiro atoms. The molecule has 1 unspecified atom stereocenters. The van der Waals surface area contributed by atoms with Gasteiger partial charge in [0.05, 0.1) is 18.8 Å². The molecule has 4 nitrogen and oxygen atoms in total. The molecule has 2 saturated carbocycles. The summed E-state index contributed by atoms with van der Waals surface area (Å²) in [5.41, 5.74) is 2.40. The van der Waals surface area contributed by atoms with Crippen molar-refractivity contribution in [3.8, 4) is 5.75 Å². The maximum atomic E-state index is 12.5. The molecular weight excluding hydrogens is 302 g/mol. The smallest absolute Gasteiger partial charge is 0.220 e.